The van der Waals surface area contributed by atoms with E-state index >= 15 is 0 Å². The number of para-hydroxylation sites is 2. The third kappa shape index (κ3) is 4.39. The predicted molar refractivity (Wildman–Crippen MR) is 190 cm³/mol. The maximum absolute atomic E-state index is 2.67. The minimum absolute atomic E-state index is 1.15. The molecule has 8 rings (SSSR count). The molecule has 0 saturated carbocycles. The van der Waals surface area contributed by atoms with Crippen molar-refractivity contribution >= 4 is 56.3 Å². The third-order valence-corrected chi connectivity index (χ3v) is 14.3. The van der Waals surface area contributed by atoms with Crippen molar-refractivity contribution in [1.82, 2.24) is 4.57 Å². The van der Waals surface area contributed by atoms with Crippen LogP contribution in [0.25, 0.3) is 27.5 Å². The van der Waals surface area contributed by atoms with E-state index in [2.05, 4.69) is 167 Å². The number of piperidine rings is 1. The molecule has 0 unspecified atom stereocenters. The summed E-state index contributed by atoms with van der Waals surface area (Å²) in [6.45, 7) is 2.31. The van der Waals surface area contributed by atoms with E-state index in [1.54, 1.807) is 0 Å². The molecule has 214 valence electrons. The Labute approximate surface area is 260 Å². The van der Waals surface area contributed by atoms with Crippen LogP contribution in [-0.2, 0) is 0 Å². The molecule has 0 radical (unpaired) electrons. The van der Waals surface area contributed by atoms with Crippen LogP contribution < -0.4 is 25.6 Å². The van der Waals surface area contributed by atoms with Crippen molar-refractivity contribution in [2.24, 2.45) is 0 Å². The molecule has 1 saturated heterocycles. The van der Waals surface area contributed by atoms with Gasteiger partial charge in [-0.25, -0.2) is 0 Å². The molecule has 6 aromatic carbocycles. The average Bonchev–Trinajstić information content (AvgIpc) is 3.44. The normalized spacial score (nSPS) is 13.9. The average molecular weight is 585 g/mol. The second-order valence-corrected chi connectivity index (χ2v) is 15.8. The van der Waals surface area contributed by atoms with Gasteiger partial charge in [0.05, 0.1) is 11.0 Å². The number of nitrogens with zero attached hydrogens (tertiary/aromatic N) is 2. The van der Waals surface area contributed by atoms with Gasteiger partial charge in [-0.1, -0.05) is 121 Å². The highest BCUT2D eigenvalue weighted by molar-refractivity contribution is 7.20. The highest BCUT2D eigenvalue weighted by Gasteiger charge is 2.41. The lowest BCUT2D eigenvalue weighted by Gasteiger charge is -2.35. The summed E-state index contributed by atoms with van der Waals surface area (Å²) in [6, 6.07) is 59.1. The predicted octanol–water partition coefficient (Wildman–Crippen LogP) is 7.15. The lowest BCUT2D eigenvalue weighted by molar-refractivity contribution is 0.578. The summed E-state index contributed by atoms with van der Waals surface area (Å²) in [4.78, 5) is 2.56. The Morgan fingerprint density at radius 1 is 0.386 bits per heavy atom. The zero-order chi connectivity index (χ0) is 29.3. The number of benzene rings is 6. The van der Waals surface area contributed by atoms with Gasteiger partial charge >= 0.3 is 0 Å². The van der Waals surface area contributed by atoms with Crippen LogP contribution in [-0.4, -0.2) is 25.7 Å². The number of anilines is 1. The van der Waals surface area contributed by atoms with Gasteiger partial charge in [0.15, 0.2) is 8.07 Å². The number of hydrogen-bond donors (Lipinski definition) is 0. The van der Waals surface area contributed by atoms with E-state index in [0.717, 1.165) is 13.1 Å². The molecule has 2 nitrogen and oxygen atoms in total. The van der Waals surface area contributed by atoms with Crippen LogP contribution in [0, 0.1) is 0 Å². The molecule has 0 aliphatic carbocycles. The first-order chi connectivity index (χ1) is 21.8. The number of aromatic nitrogens is 1. The molecule has 1 aliphatic heterocycles. The molecule has 3 heteroatoms. The van der Waals surface area contributed by atoms with Crippen LogP contribution >= 0.6 is 0 Å². The maximum Gasteiger partial charge on any atom is 0.179 e. The van der Waals surface area contributed by atoms with E-state index in [1.165, 1.54) is 73.2 Å². The largest absolute Gasteiger partial charge is 0.372 e. The zero-order valence-electron chi connectivity index (χ0n) is 24.9. The van der Waals surface area contributed by atoms with Crippen molar-refractivity contribution in [3.8, 4) is 5.69 Å². The fourth-order valence-corrected chi connectivity index (χ4v) is 12.3. The summed E-state index contributed by atoms with van der Waals surface area (Å²) in [6.07, 6.45) is 3.91. The quantitative estimate of drug-likeness (QED) is 0.149. The first-order valence-corrected chi connectivity index (χ1v) is 17.9. The summed E-state index contributed by atoms with van der Waals surface area (Å²) in [5.74, 6) is 0. The molecule has 0 atom stereocenters. The number of hydrogen-bond acceptors (Lipinski definition) is 1. The third-order valence-electron chi connectivity index (χ3n) is 9.56. The molecule has 7 aromatic rings. The molecule has 0 bridgehead atoms. The van der Waals surface area contributed by atoms with Crippen LogP contribution in [0.4, 0.5) is 5.69 Å². The van der Waals surface area contributed by atoms with Gasteiger partial charge in [-0.2, -0.15) is 0 Å². The van der Waals surface area contributed by atoms with Crippen molar-refractivity contribution in [1.29, 1.82) is 0 Å². The van der Waals surface area contributed by atoms with Crippen LogP contribution in [0.15, 0.2) is 158 Å². The standard InChI is InChI=1S/C41H36N2Si/c1-5-15-33(16-6-1)43-40-22-12-11-21-38(40)39-31-37(27-28-41(39)43)44(34-17-7-2-8-18-34,35-19-9-3-10-20-35)36-25-23-32(24-26-36)42-29-13-4-14-30-42/h1-3,5-12,15-28,31H,4,13-14,29-30H2. The highest BCUT2D eigenvalue weighted by atomic mass is 28.3. The lowest BCUT2D eigenvalue weighted by atomic mass is 10.1. The zero-order valence-corrected chi connectivity index (χ0v) is 25.9. The Kier molecular flexibility index (Phi) is 6.89. The van der Waals surface area contributed by atoms with Crippen LogP contribution in [0.2, 0.25) is 0 Å². The van der Waals surface area contributed by atoms with E-state index in [4.69, 9.17) is 0 Å². The fourth-order valence-electron chi connectivity index (χ4n) is 7.51. The summed E-state index contributed by atoms with van der Waals surface area (Å²) < 4.78 is 2.41. The molecule has 0 spiro atoms. The summed E-state index contributed by atoms with van der Waals surface area (Å²) >= 11 is 0. The molecule has 44 heavy (non-hydrogen) atoms. The van der Waals surface area contributed by atoms with Gasteiger partial charge in [0.1, 0.15) is 0 Å². The van der Waals surface area contributed by atoms with Crippen molar-refractivity contribution in [2.75, 3.05) is 18.0 Å². The minimum Gasteiger partial charge on any atom is -0.372 e. The van der Waals surface area contributed by atoms with Crippen molar-refractivity contribution in [2.45, 2.75) is 19.3 Å². The smallest absolute Gasteiger partial charge is 0.179 e. The Morgan fingerprint density at radius 2 is 0.909 bits per heavy atom. The van der Waals surface area contributed by atoms with E-state index in [1.807, 2.05) is 0 Å². The molecule has 2 heterocycles. The molecule has 0 amide bonds. The highest BCUT2D eigenvalue weighted by Crippen LogP contribution is 2.32. The lowest BCUT2D eigenvalue weighted by Crippen LogP contribution is -2.74. The van der Waals surface area contributed by atoms with Crippen molar-refractivity contribution in [3.05, 3.63) is 158 Å². The van der Waals surface area contributed by atoms with Crippen LogP contribution in [0.5, 0.6) is 0 Å². The van der Waals surface area contributed by atoms with E-state index in [9.17, 15) is 0 Å². The van der Waals surface area contributed by atoms with Gasteiger partial charge in [-0.3, -0.25) is 0 Å². The second kappa shape index (κ2) is 11.3. The molecule has 1 fully saturated rings. The Hall–Kier alpha value is -4.86. The monoisotopic (exact) mass is 584 g/mol. The Balaban J connectivity index is 1.41. The van der Waals surface area contributed by atoms with Gasteiger partial charge in [0.2, 0.25) is 0 Å². The summed E-state index contributed by atoms with van der Waals surface area (Å²) in [7, 11) is -2.67. The summed E-state index contributed by atoms with van der Waals surface area (Å²) in [5, 5.41) is 8.23. The fraction of sp³-hybridized carbons (Fsp3) is 0.122. The first kappa shape index (κ1) is 26.7. The summed E-state index contributed by atoms with van der Waals surface area (Å²) in [5.41, 5.74) is 5.02. The molecular formula is C41H36N2Si. The van der Waals surface area contributed by atoms with E-state index in [-0.39, 0.29) is 0 Å². The van der Waals surface area contributed by atoms with Crippen molar-refractivity contribution in [3.63, 3.8) is 0 Å². The van der Waals surface area contributed by atoms with E-state index in [0.29, 0.717) is 0 Å². The van der Waals surface area contributed by atoms with Gasteiger partial charge in [0, 0.05) is 35.2 Å². The van der Waals surface area contributed by atoms with Gasteiger partial charge in [-0.05, 0) is 76.4 Å². The van der Waals surface area contributed by atoms with Crippen LogP contribution in [0.3, 0.4) is 0 Å². The Morgan fingerprint density at radius 3 is 1.57 bits per heavy atom. The number of rotatable bonds is 6. The molecule has 0 N–H and O–H groups in total. The second-order valence-electron chi connectivity index (χ2n) is 12.0. The van der Waals surface area contributed by atoms with Crippen molar-refractivity contribution < 1.29 is 0 Å². The molecule has 1 aliphatic rings. The maximum atomic E-state index is 2.56. The van der Waals surface area contributed by atoms with Gasteiger partial charge in [-0.15, -0.1) is 0 Å². The van der Waals surface area contributed by atoms with E-state index < -0.39 is 8.07 Å². The van der Waals surface area contributed by atoms with Crippen LogP contribution in [0.1, 0.15) is 19.3 Å². The molecular weight excluding hydrogens is 549 g/mol. The topological polar surface area (TPSA) is 8.17 Å². The SMILES string of the molecule is c1ccc(-n2c3ccccc3c3cc([Si](c4ccccc4)(c4ccccc4)c4ccc(N5CCCCC5)cc4)ccc32)cc1. The van der Waals surface area contributed by atoms with Gasteiger partial charge < -0.3 is 9.47 Å². The minimum atomic E-state index is -2.67. The van der Waals surface area contributed by atoms with Gasteiger partial charge in [0.25, 0.3) is 0 Å². The molecule has 1 aromatic heterocycles. The Bertz CT molecular complexity index is 1980. The number of fused-ring (bicyclic) bond motifs is 3. The first-order valence-electron chi connectivity index (χ1n) is 15.9.